The Hall–Kier alpha value is -1.26. The van der Waals surface area contributed by atoms with Gasteiger partial charge in [0.15, 0.2) is 0 Å². The van der Waals surface area contributed by atoms with E-state index in [2.05, 4.69) is 67.7 Å². The molecule has 9 nitrogen and oxygen atoms in total. The van der Waals surface area contributed by atoms with Gasteiger partial charge in [0.1, 0.15) is 50.6 Å². The summed E-state index contributed by atoms with van der Waals surface area (Å²) in [4.78, 5) is 27.1. The van der Waals surface area contributed by atoms with Crippen molar-refractivity contribution in [3.8, 4) is 0 Å². The number of likely N-dealkylation sites (N-methyl/N-ethyl adjacent to an activating group) is 2. The number of carbonyl (C=O) groups excluding carboxylic acids is 2. The molecule has 316 valence electrons. The summed E-state index contributed by atoms with van der Waals surface area (Å²) in [5.74, 6) is -0.246. The Labute approximate surface area is 328 Å². The van der Waals surface area contributed by atoms with E-state index in [1.54, 1.807) is 0 Å². The molecule has 0 aliphatic carbocycles. The number of esters is 2. The molecule has 0 spiro atoms. The maximum absolute atomic E-state index is 12.4. The molecule has 4 unspecified atom stereocenters. The molecule has 0 saturated heterocycles. The second kappa shape index (κ2) is 31.9. The van der Waals surface area contributed by atoms with Gasteiger partial charge in [-0.05, 0) is 39.7 Å². The molecular formula is C44H91N3O6+2. The summed E-state index contributed by atoms with van der Waals surface area (Å²) in [5, 5.41) is 22.7. The highest BCUT2D eigenvalue weighted by Crippen LogP contribution is 2.16. The molecule has 53 heavy (non-hydrogen) atoms. The standard InChI is InChI=1S/C44H91N3O6/c1-10-13-16-19-22-24-27-30-43(50)52-37-39(4)46(6,7)35-41(48)33-45(32-29-26-21-18-15-12-3)34-42(49)36-47(8,9)40(5)38-53-44(51)31-28-25-23-20-17-14-11-2/h39-42,48-49H,10-38H2,1-9H3/q+2. The van der Waals surface area contributed by atoms with E-state index < -0.39 is 12.2 Å². The average Bonchev–Trinajstić information content (AvgIpc) is 3.09. The van der Waals surface area contributed by atoms with Gasteiger partial charge in [-0.2, -0.15) is 0 Å². The van der Waals surface area contributed by atoms with Crippen LogP contribution < -0.4 is 0 Å². The van der Waals surface area contributed by atoms with E-state index in [0.29, 0.717) is 61.2 Å². The van der Waals surface area contributed by atoms with E-state index in [0.717, 1.165) is 45.1 Å². The Morgan fingerprint density at radius 3 is 1.15 bits per heavy atom. The SMILES string of the molecule is CCCCCCCCCC(=O)OCC(C)[N+](C)(C)CC(O)CN(CCCCCCCC)CC(O)C[N+](C)(C)C(C)COC(=O)CCCCCCCCC. The Kier molecular flexibility index (Phi) is 31.1. The molecule has 0 saturated carbocycles. The molecule has 0 aromatic heterocycles. The molecule has 0 aliphatic rings. The maximum Gasteiger partial charge on any atom is 0.306 e. The van der Waals surface area contributed by atoms with Crippen molar-refractivity contribution in [1.82, 2.24) is 4.90 Å². The third-order valence-corrected chi connectivity index (χ3v) is 11.5. The smallest absolute Gasteiger partial charge is 0.306 e. The van der Waals surface area contributed by atoms with Crippen LogP contribution in [0, 0.1) is 0 Å². The fourth-order valence-electron chi connectivity index (χ4n) is 6.96. The molecule has 9 heteroatoms. The van der Waals surface area contributed by atoms with E-state index in [-0.39, 0.29) is 24.0 Å². The predicted molar refractivity (Wildman–Crippen MR) is 222 cm³/mol. The summed E-state index contributed by atoms with van der Waals surface area (Å²) in [7, 11) is 8.36. The van der Waals surface area contributed by atoms with Crippen molar-refractivity contribution in [3.63, 3.8) is 0 Å². The summed E-state index contributed by atoms with van der Waals surface area (Å²) < 4.78 is 12.4. The second-order valence-electron chi connectivity index (χ2n) is 17.6. The zero-order valence-electron chi connectivity index (χ0n) is 36.7. The molecule has 0 fully saturated rings. The molecule has 0 aromatic rings. The van der Waals surface area contributed by atoms with Crippen molar-refractivity contribution in [2.45, 2.75) is 200 Å². The monoisotopic (exact) mass is 758 g/mol. The first-order chi connectivity index (χ1) is 25.2. The first-order valence-electron chi connectivity index (χ1n) is 22.2. The number of hydrogen-bond acceptors (Lipinski definition) is 7. The number of aliphatic hydroxyl groups excluding tert-OH is 2. The van der Waals surface area contributed by atoms with Crippen LogP contribution in [0.1, 0.15) is 176 Å². The number of hydrogen-bond donors (Lipinski definition) is 2. The van der Waals surface area contributed by atoms with Crippen LogP contribution in [0.2, 0.25) is 0 Å². The van der Waals surface area contributed by atoms with Crippen LogP contribution in [-0.4, -0.2) is 134 Å². The minimum atomic E-state index is -0.583. The summed E-state index contributed by atoms with van der Waals surface area (Å²) in [5.41, 5.74) is 0. The lowest BCUT2D eigenvalue weighted by atomic mass is 10.1. The molecule has 4 atom stereocenters. The molecular weight excluding hydrogens is 666 g/mol. The zero-order chi connectivity index (χ0) is 40.0. The third-order valence-electron chi connectivity index (χ3n) is 11.5. The van der Waals surface area contributed by atoms with Crippen LogP contribution in [0.15, 0.2) is 0 Å². The fraction of sp³-hybridized carbons (Fsp3) is 0.955. The van der Waals surface area contributed by atoms with Crippen molar-refractivity contribution >= 4 is 11.9 Å². The van der Waals surface area contributed by atoms with Gasteiger partial charge in [0.2, 0.25) is 0 Å². The number of unbranched alkanes of at least 4 members (excludes halogenated alkanes) is 17. The molecule has 0 heterocycles. The average molecular weight is 758 g/mol. The van der Waals surface area contributed by atoms with Gasteiger partial charge in [-0.1, -0.05) is 130 Å². The highest BCUT2D eigenvalue weighted by Gasteiger charge is 2.32. The number of ether oxygens (including phenoxy) is 2. The lowest BCUT2D eigenvalue weighted by molar-refractivity contribution is -0.916. The van der Waals surface area contributed by atoms with Gasteiger partial charge in [-0.25, -0.2) is 0 Å². The summed E-state index contributed by atoms with van der Waals surface area (Å²) in [6, 6.07) is 0.0916. The van der Waals surface area contributed by atoms with Gasteiger partial charge < -0.3 is 28.7 Å². The van der Waals surface area contributed by atoms with Crippen LogP contribution in [0.5, 0.6) is 0 Å². The molecule has 0 aromatic carbocycles. The summed E-state index contributed by atoms with van der Waals surface area (Å²) in [6.07, 6.45) is 23.4. The third kappa shape index (κ3) is 28.8. The Morgan fingerprint density at radius 2 is 0.811 bits per heavy atom. The van der Waals surface area contributed by atoms with Crippen molar-refractivity contribution in [3.05, 3.63) is 0 Å². The van der Waals surface area contributed by atoms with E-state index in [1.807, 2.05) is 0 Å². The number of nitrogens with zero attached hydrogens (tertiary/aromatic N) is 3. The van der Waals surface area contributed by atoms with Crippen LogP contribution in [0.25, 0.3) is 0 Å². The minimum Gasteiger partial charge on any atom is -0.459 e. The highest BCUT2D eigenvalue weighted by atomic mass is 16.5. The molecule has 0 amide bonds. The Bertz CT molecular complexity index is 823. The largest absolute Gasteiger partial charge is 0.459 e. The van der Waals surface area contributed by atoms with E-state index in [9.17, 15) is 19.8 Å². The second-order valence-corrected chi connectivity index (χ2v) is 17.6. The molecule has 0 aliphatic heterocycles. The number of rotatable bonds is 37. The predicted octanol–water partition coefficient (Wildman–Crippen LogP) is 8.67. The van der Waals surface area contributed by atoms with Gasteiger partial charge in [0.05, 0.1) is 28.2 Å². The Morgan fingerprint density at radius 1 is 0.509 bits per heavy atom. The number of quaternary nitrogens is 2. The van der Waals surface area contributed by atoms with Gasteiger partial charge in [-0.3, -0.25) is 14.5 Å². The van der Waals surface area contributed by atoms with E-state index in [1.165, 1.54) is 89.9 Å². The molecule has 0 bridgehead atoms. The Balaban J connectivity index is 4.95. The minimum absolute atomic E-state index is 0.0458. The molecule has 0 radical (unpaired) electrons. The van der Waals surface area contributed by atoms with Crippen molar-refractivity contribution in [1.29, 1.82) is 0 Å². The van der Waals surface area contributed by atoms with Gasteiger partial charge >= 0.3 is 11.9 Å². The van der Waals surface area contributed by atoms with Crippen molar-refractivity contribution < 1.29 is 38.2 Å². The van der Waals surface area contributed by atoms with Gasteiger partial charge in [0.25, 0.3) is 0 Å². The van der Waals surface area contributed by atoms with Crippen molar-refractivity contribution in [2.24, 2.45) is 0 Å². The van der Waals surface area contributed by atoms with Crippen LogP contribution >= 0.6 is 0 Å². The van der Waals surface area contributed by atoms with E-state index >= 15 is 0 Å². The fourth-order valence-corrected chi connectivity index (χ4v) is 6.96. The van der Waals surface area contributed by atoms with Gasteiger partial charge in [0, 0.05) is 25.9 Å². The lowest BCUT2D eigenvalue weighted by Gasteiger charge is -2.39. The van der Waals surface area contributed by atoms with Crippen LogP contribution in [-0.2, 0) is 19.1 Å². The lowest BCUT2D eigenvalue weighted by Crippen LogP contribution is -2.57. The topological polar surface area (TPSA) is 96.3 Å². The van der Waals surface area contributed by atoms with Crippen LogP contribution in [0.4, 0.5) is 0 Å². The number of aliphatic hydroxyl groups is 2. The van der Waals surface area contributed by atoms with Gasteiger partial charge in [-0.15, -0.1) is 0 Å². The van der Waals surface area contributed by atoms with E-state index in [4.69, 9.17) is 9.47 Å². The summed E-state index contributed by atoms with van der Waals surface area (Å²) in [6.45, 7) is 14.4. The summed E-state index contributed by atoms with van der Waals surface area (Å²) >= 11 is 0. The maximum atomic E-state index is 12.4. The quantitative estimate of drug-likeness (QED) is 0.0372. The first kappa shape index (κ1) is 51.7. The highest BCUT2D eigenvalue weighted by molar-refractivity contribution is 5.69. The first-order valence-corrected chi connectivity index (χ1v) is 22.2. The number of carbonyl (C=O) groups is 2. The zero-order valence-corrected chi connectivity index (χ0v) is 36.7. The molecule has 2 N–H and O–H groups in total. The van der Waals surface area contributed by atoms with Crippen LogP contribution in [0.3, 0.4) is 0 Å². The van der Waals surface area contributed by atoms with Crippen molar-refractivity contribution in [2.75, 3.05) is 74.1 Å². The molecule has 0 rings (SSSR count). The normalized spacial score (nSPS) is 14.6.